The summed E-state index contributed by atoms with van der Waals surface area (Å²) in [5.74, 6) is 0. The molecule has 0 aliphatic carbocycles. The largest absolute Gasteiger partial charge is 0.398 e. The topological polar surface area (TPSA) is 63.6 Å². The molecule has 1 atom stereocenters. The first-order valence-corrected chi connectivity index (χ1v) is 5.22. The minimum Gasteiger partial charge on any atom is -0.264 e. The Kier molecular flexibility index (Phi) is 3.40. The van der Waals surface area contributed by atoms with Gasteiger partial charge in [-0.25, -0.2) is 4.18 Å². The summed E-state index contributed by atoms with van der Waals surface area (Å²) < 4.78 is 33.8. The first kappa shape index (κ1) is 10.9. The Morgan fingerprint density at radius 3 is 2.36 bits per heavy atom. The molecule has 0 saturated heterocycles. The zero-order chi connectivity index (χ0) is 10.6. The van der Waals surface area contributed by atoms with E-state index >= 15 is 0 Å². The second-order valence-corrected chi connectivity index (χ2v) is 3.64. The van der Waals surface area contributed by atoms with Gasteiger partial charge in [0.15, 0.2) is 0 Å². The second-order valence-electron chi connectivity index (χ2n) is 2.59. The molecule has 0 unspecified atom stereocenters. The number of hydrogen-bond donors (Lipinski definition) is 1. The van der Waals surface area contributed by atoms with Crippen molar-refractivity contribution in [1.82, 2.24) is 0 Å². The van der Waals surface area contributed by atoms with E-state index in [1.54, 1.807) is 30.3 Å². The Morgan fingerprint density at radius 2 is 1.93 bits per heavy atom. The molecule has 0 bridgehead atoms. The molecule has 1 aromatic rings. The monoisotopic (exact) mass is 214 g/mol. The van der Waals surface area contributed by atoms with Crippen LogP contribution in [-0.2, 0) is 14.6 Å². The van der Waals surface area contributed by atoms with Gasteiger partial charge in [-0.1, -0.05) is 36.4 Å². The lowest BCUT2D eigenvalue weighted by molar-refractivity contribution is 0.223. The van der Waals surface area contributed by atoms with Crippen LogP contribution in [-0.4, -0.2) is 13.0 Å². The maximum Gasteiger partial charge on any atom is 0.398 e. The smallest absolute Gasteiger partial charge is 0.264 e. The van der Waals surface area contributed by atoms with Crippen LogP contribution in [0.2, 0.25) is 0 Å². The molecule has 14 heavy (non-hydrogen) atoms. The van der Waals surface area contributed by atoms with Gasteiger partial charge in [0.05, 0.1) is 0 Å². The van der Waals surface area contributed by atoms with Gasteiger partial charge in [0.1, 0.15) is 6.10 Å². The highest BCUT2D eigenvalue weighted by Gasteiger charge is 2.15. The van der Waals surface area contributed by atoms with Gasteiger partial charge in [-0.3, -0.25) is 4.55 Å². The van der Waals surface area contributed by atoms with Gasteiger partial charge < -0.3 is 0 Å². The highest BCUT2D eigenvalue weighted by molar-refractivity contribution is 7.80. The van der Waals surface area contributed by atoms with Crippen molar-refractivity contribution in [3.8, 4) is 0 Å². The molecular formula is C9H10O4S. The molecule has 0 aromatic heterocycles. The molecule has 1 aromatic carbocycles. The summed E-state index contributed by atoms with van der Waals surface area (Å²) >= 11 is 0. The lowest BCUT2D eigenvalue weighted by Crippen LogP contribution is -2.08. The molecule has 0 radical (unpaired) electrons. The molecule has 76 valence electrons. The van der Waals surface area contributed by atoms with Crippen molar-refractivity contribution in [3.63, 3.8) is 0 Å². The van der Waals surface area contributed by atoms with E-state index in [1.807, 2.05) is 0 Å². The average molecular weight is 214 g/mol. The van der Waals surface area contributed by atoms with Gasteiger partial charge in [-0.2, -0.15) is 8.42 Å². The summed E-state index contributed by atoms with van der Waals surface area (Å²) in [6.45, 7) is 3.42. The summed E-state index contributed by atoms with van der Waals surface area (Å²) in [6.07, 6.45) is 0.439. The van der Waals surface area contributed by atoms with Crippen molar-refractivity contribution in [3.05, 3.63) is 48.6 Å². The van der Waals surface area contributed by atoms with Crippen molar-refractivity contribution < 1.29 is 17.2 Å². The minimum absolute atomic E-state index is 0.611. The van der Waals surface area contributed by atoms with Crippen LogP contribution in [0.3, 0.4) is 0 Å². The van der Waals surface area contributed by atoms with Gasteiger partial charge >= 0.3 is 10.4 Å². The van der Waals surface area contributed by atoms with Crippen LogP contribution in [0.5, 0.6) is 0 Å². The highest BCUT2D eigenvalue weighted by Crippen LogP contribution is 2.19. The summed E-state index contributed by atoms with van der Waals surface area (Å²) in [7, 11) is -4.45. The van der Waals surface area contributed by atoms with Gasteiger partial charge in [-0.15, -0.1) is 6.58 Å². The number of benzene rings is 1. The third-order valence-electron chi connectivity index (χ3n) is 1.57. The molecule has 4 nitrogen and oxygen atoms in total. The molecule has 0 fully saturated rings. The molecule has 0 heterocycles. The molecule has 0 aliphatic heterocycles. The van der Waals surface area contributed by atoms with Crippen LogP contribution in [0.15, 0.2) is 43.0 Å². The van der Waals surface area contributed by atoms with E-state index in [0.717, 1.165) is 0 Å². The fraction of sp³-hybridized carbons (Fsp3) is 0.111. The fourth-order valence-electron chi connectivity index (χ4n) is 1.00. The molecular weight excluding hydrogens is 204 g/mol. The fourth-order valence-corrected chi connectivity index (χ4v) is 1.46. The van der Waals surface area contributed by atoms with Gasteiger partial charge in [0, 0.05) is 0 Å². The third-order valence-corrected chi connectivity index (χ3v) is 2.02. The molecule has 0 amide bonds. The Bertz CT molecular complexity index is 396. The zero-order valence-corrected chi connectivity index (χ0v) is 8.15. The Labute approximate surface area is 82.8 Å². The summed E-state index contributed by atoms with van der Waals surface area (Å²) in [5, 5.41) is 0. The summed E-state index contributed by atoms with van der Waals surface area (Å²) in [4.78, 5) is 0. The normalized spacial score (nSPS) is 13.5. The molecule has 0 aliphatic rings. The van der Waals surface area contributed by atoms with Crippen LogP contribution in [0.4, 0.5) is 0 Å². The lowest BCUT2D eigenvalue weighted by Gasteiger charge is -2.10. The first-order chi connectivity index (χ1) is 6.53. The Hall–Kier alpha value is -1.17. The molecule has 1 rings (SSSR count). The van der Waals surface area contributed by atoms with Crippen molar-refractivity contribution in [2.45, 2.75) is 6.10 Å². The lowest BCUT2D eigenvalue weighted by atomic mass is 10.1. The maximum absolute atomic E-state index is 10.5. The SMILES string of the molecule is C=C[C@@H](OS(=O)(=O)O)c1ccccc1. The van der Waals surface area contributed by atoms with E-state index < -0.39 is 16.5 Å². The Morgan fingerprint density at radius 1 is 1.36 bits per heavy atom. The van der Waals surface area contributed by atoms with E-state index in [-0.39, 0.29) is 0 Å². The van der Waals surface area contributed by atoms with Crippen molar-refractivity contribution in [2.24, 2.45) is 0 Å². The van der Waals surface area contributed by atoms with E-state index in [0.29, 0.717) is 5.56 Å². The van der Waals surface area contributed by atoms with Gasteiger partial charge in [0.2, 0.25) is 0 Å². The van der Waals surface area contributed by atoms with Crippen molar-refractivity contribution in [2.75, 3.05) is 0 Å². The van der Waals surface area contributed by atoms with Crippen LogP contribution < -0.4 is 0 Å². The maximum atomic E-state index is 10.5. The van der Waals surface area contributed by atoms with Gasteiger partial charge in [-0.05, 0) is 5.56 Å². The number of hydrogen-bond acceptors (Lipinski definition) is 3. The molecule has 0 saturated carbocycles. The predicted molar refractivity (Wildman–Crippen MR) is 52.0 cm³/mol. The highest BCUT2D eigenvalue weighted by atomic mass is 32.3. The van der Waals surface area contributed by atoms with Crippen molar-refractivity contribution >= 4 is 10.4 Å². The quantitative estimate of drug-likeness (QED) is 0.612. The summed E-state index contributed by atoms with van der Waals surface area (Å²) in [5.41, 5.74) is 0.611. The van der Waals surface area contributed by atoms with E-state index in [9.17, 15) is 8.42 Å². The van der Waals surface area contributed by atoms with E-state index in [1.165, 1.54) is 6.08 Å². The zero-order valence-electron chi connectivity index (χ0n) is 7.33. The van der Waals surface area contributed by atoms with Crippen LogP contribution >= 0.6 is 0 Å². The van der Waals surface area contributed by atoms with E-state index in [4.69, 9.17) is 4.55 Å². The molecule has 1 N–H and O–H groups in total. The molecule has 0 spiro atoms. The third kappa shape index (κ3) is 3.29. The minimum atomic E-state index is -4.45. The standard InChI is InChI=1S/C9H10O4S/c1-2-9(13-14(10,11)12)8-6-4-3-5-7-8/h2-7,9H,1H2,(H,10,11,12)/t9-/m1/s1. The second kappa shape index (κ2) is 4.36. The van der Waals surface area contributed by atoms with Crippen LogP contribution in [0.1, 0.15) is 11.7 Å². The summed E-state index contributed by atoms with van der Waals surface area (Å²) in [6, 6.07) is 8.62. The van der Waals surface area contributed by atoms with Crippen LogP contribution in [0, 0.1) is 0 Å². The number of rotatable bonds is 4. The van der Waals surface area contributed by atoms with Gasteiger partial charge in [0.25, 0.3) is 0 Å². The van der Waals surface area contributed by atoms with E-state index in [2.05, 4.69) is 10.8 Å². The predicted octanol–water partition coefficient (Wildman–Crippen LogP) is 1.73. The average Bonchev–Trinajstić information content (AvgIpc) is 2.14. The first-order valence-electron chi connectivity index (χ1n) is 3.86. The van der Waals surface area contributed by atoms with Crippen molar-refractivity contribution in [1.29, 1.82) is 0 Å². The molecule has 5 heteroatoms. The Balaban J connectivity index is 2.89. The van der Waals surface area contributed by atoms with Crippen LogP contribution in [0.25, 0.3) is 0 Å².